The molecule has 0 amide bonds. The largest absolute Gasteiger partial charge is 0.455 e. The number of hydrogen-bond acceptors (Lipinski definition) is 7. The number of aromatic nitrogens is 1. The molecule has 532 valence electrons. The molecule has 5 heterocycles. The van der Waals surface area contributed by atoms with Gasteiger partial charge in [-0.1, -0.05) is 247 Å². The third-order valence-corrected chi connectivity index (χ3v) is 31.1. The second kappa shape index (κ2) is 25.0. The van der Waals surface area contributed by atoms with E-state index in [1.807, 2.05) is 12.1 Å². The number of furan rings is 4. The molecule has 23 aromatic rings. The molecule has 23 rings (SSSR count). The molecule has 0 aliphatic carbocycles. The van der Waals surface area contributed by atoms with Gasteiger partial charge in [0.15, 0.2) is 0 Å². The minimum absolute atomic E-state index is 0.867. The molecule has 9 heteroatoms. The summed E-state index contributed by atoms with van der Waals surface area (Å²) in [7, 11) is -3.88. The lowest BCUT2D eigenvalue weighted by Crippen LogP contribution is -2.52. The molecule has 0 saturated carbocycles. The van der Waals surface area contributed by atoms with Gasteiger partial charge >= 0.3 is 0 Å². The monoisotopic (exact) mass is 1470 g/mol. The first-order chi connectivity index (χ1) is 54.9. The molecule has 0 aliphatic rings. The van der Waals surface area contributed by atoms with Crippen LogP contribution in [-0.2, 0) is 0 Å². The van der Waals surface area contributed by atoms with Crippen molar-refractivity contribution in [2.45, 2.75) is 40.0 Å². The van der Waals surface area contributed by atoms with Gasteiger partial charge in [-0.25, -0.2) is 0 Å². The van der Waals surface area contributed by atoms with E-state index in [1.54, 1.807) is 0 Å². The van der Waals surface area contributed by atoms with Crippen molar-refractivity contribution >= 4 is 223 Å². The van der Waals surface area contributed by atoms with Crippen molar-refractivity contribution in [1.29, 1.82) is 0 Å². The molecule has 0 spiro atoms. The predicted molar refractivity (Wildman–Crippen MR) is 478 cm³/mol. The Balaban J connectivity index is 0.000000137. The SMILES string of the molecule is Cc1cc(-c2cc3c4oc5cc([Si](C)(C)c6ccccc6)ccc5c4cc4ccc5c6oc7cc([Si](C)(C)c8ccccc8)ccc7c6cc2c5c43)cc(C)n1.c1ccc(N(c2ccccc2)c2cc3c4oc5ccccc5c4cc4c(N(c5ccccc5)c5ccccc5)cc5c6oc7ccccc7c6cc2c5c43)cc1. The molecule has 7 nitrogen and oxygen atoms in total. The summed E-state index contributed by atoms with van der Waals surface area (Å²) in [4.78, 5) is 9.53. The number of para-hydroxylation sites is 6. The second-order valence-electron chi connectivity index (χ2n) is 31.3. The molecule has 0 N–H and O–H groups in total. The zero-order valence-electron chi connectivity index (χ0n) is 62.7. The number of rotatable bonds is 11. The highest BCUT2D eigenvalue weighted by Crippen LogP contribution is 2.55. The molecule has 0 fully saturated rings. The zero-order valence-corrected chi connectivity index (χ0v) is 64.7. The van der Waals surface area contributed by atoms with Crippen LogP contribution in [0.5, 0.6) is 0 Å². The summed E-state index contributed by atoms with van der Waals surface area (Å²) < 4.78 is 27.8. The smallest absolute Gasteiger partial charge is 0.143 e. The third-order valence-electron chi connectivity index (χ3n) is 24.0. The lowest BCUT2D eigenvalue weighted by atomic mass is 9.87. The topological polar surface area (TPSA) is 71.9 Å². The quantitative estimate of drug-likeness (QED) is 0.0944. The van der Waals surface area contributed by atoms with E-state index in [0.29, 0.717) is 0 Å². The van der Waals surface area contributed by atoms with Crippen molar-refractivity contribution in [2.75, 3.05) is 9.80 Å². The fraction of sp³-hybridized carbons (Fsp3) is 0.0583. The highest BCUT2D eigenvalue weighted by Gasteiger charge is 2.33. The summed E-state index contributed by atoms with van der Waals surface area (Å²) in [6, 6.07) is 121. The summed E-state index contributed by atoms with van der Waals surface area (Å²) in [5, 5.41) is 28.3. The summed E-state index contributed by atoms with van der Waals surface area (Å²) in [5.74, 6) is 0. The van der Waals surface area contributed by atoms with E-state index in [0.717, 1.165) is 182 Å². The standard InChI is InChI=1S/C52H32N2O2.C51H41NO2Si2/c1-5-17-33(18-6-1)53(34-19-7-2-8-20-34)45-31-43-50-42(30-40-38-26-14-16-28-48(38)55-51(40)43)46(54(35-21-9-3-10-22-35)36-23-11-4-12-24-36)32-44-49(50)41(45)29-39-37-25-13-15-27-47(37)56-52(39)44;1-30-23-33(24-31(2)52-30)41-28-45-48-32(25-43-38-21-18-36(26-46(38)54-51(43)45)55(3,4)34-13-9-7-10-14-34)17-20-40-49(48)42(41)29-44-39-22-19-37(27-47(39)53-50(40)44)56(5,6)35-15-11-8-12-16-35/h1-32H;7-29H,1-6H3. The van der Waals surface area contributed by atoms with E-state index in [4.69, 9.17) is 22.7 Å². The molecule has 0 atom stereocenters. The van der Waals surface area contributed by atoms with E-state index < -0.39 is 16.1 Å². The van der Waals surface area contributed by atoms with Crippen LogP contribution >= 0.6 is 0 Å². The van der Waals surface area contributed by atoms with Crippen molar-refractivity contribution in [3.63, 3.8) is 0 Å². The predicted octanol–water partition coefficient (Wildman–Crippen LogP) is 27.0. The summed E-state index contributed by atoms with van der Waals surface area (Å²) in [6.45, 7) is 13.9. The van der Waals surface area contributed by atoms with Gasteiger partial charge in [-0.3, -0.25) is 4.98 Å². The Labute approximate surface area is 647 Å². The van der Waals surface area contributed by atoms with Crippen molar-refractivity contribution in [3.05, 3.63) is 345 Å². The van der Waals surface area contributed by atoms with Gasteiger partial charge in [-0.2, -0.15) is 0 Å². The number of aryl methyl sites for hydroxylation is 2. The van der Waals surface area contributed by atoms with E-state index in [1.165, 1.54) is 47.9 Å². The first-order valence-corrected chi connectivity index (χ1v) is 44.6. The Morgan fingerprint density at radius 3 is 1.02 bits per heavy atom. The number of hydrogen-bond donors (Lipinski definition) is 0. The van der Waals surface area contributed by atoms with Crippen LogP contribution in [0, 0.1) is 13.8 Å². The van der Waals surface area contributed by atoms with Gasteiger partial charge in [0.05, 0.1) is 11.4 Å². The molecular weight excluding hydrogens is 1400 g/mol. The van der Waals surface area contributed by atoms with Crippen LogP contribution in [0.1, 0.15) is 11.4 Å². The minimum atomic E-state index is -1.94. The molecule has 0 saturated heterocycles. The lowest BCUT2D eigenvalue weighted by Gasteiger charge is -2.30. The Morgan fingerprint density at radius 1 is 0.241 bits per heavy atom. The molecule has 112 heavy (non-hydrogen) atoms. The van der Waals surface area contributed by atoms with Crippen LogP contribution < -0.4 is 30.5 Å². The maximum atomic E-state index is 7.03. The summed E-state index contributed by atoms with van der Waals surface area (Å²) in [6.07, 6.45) is 0. The second-order valence-corrected chi connectivity index (χ2v) is 40.1. The molecule has 18 aromatic carbocycles. The van der Waals surface area contributed by atoms with Crippen molar-refractivity contribution in [3.8, 4) is 11.1 Å². The fourth-order valence-electron chi connectivity index (χ4n) is 18.5. The number of nitrogens with zero attached hydrogens (tertiary/aromatic N) is 3. The molecule has 0 radical (unpaired) electrons. The average molecular weight is 1470 g/mol. The van der Waals surface area contributed by atoms with Crippen LogP contribution in [0.2, 0.25) is 26.2 Å². The van der Waals surface area contributed by atoms with Crippen LogP contribution in [0.15, 0.2) is 351 Å². The van der Waals surface area contributed by atoms with Crippen molar-refractivity contribution in [1.82, 2.24) is 4.98 Å². The third kappa shape index (κ3) is 10.1. The maximum absolute atomic E-state index is 7.03. The molecule has 0 bridgehead atoms. The number of anilines is 6. The van der Waals surface area contributed by atoms with Gasteiger partial charge in [0.25, 0.3) is 0 Å². The number of pyridine rings is 1. The Morgan fingerprint density at radius 2 is 0.580 bits per heavy atom. The van der Waals surface area contributed by atoms with Crippen molar-refractivity contribution < 1.29 is 17.7 Å². The van der Waals surface area contributed by atoms with Gasteiger partial charge in [0.1, 0.15) is 60.8 Å². The normalized spacial score (nSPS) is 12.4. The van der Waals surface area contributed by atoms with E-state index in [2.05, 4.69) is 371 Å². The molecule has 0 aliphatic heterocycles. The Bertz CT molecular complexity index is 7320. The zero-order chi connectivity index (χ0) is 74.8. The van der Waals surface area contributed by atoms with E-state index in [-0.39, 0.29) is 0 Å². The van der Waals surface area contributed by atoms with Crippen LogP contribution in [-0.4, -0.2) is 21.1 Å². The molecular formula is C103H73N3O4Si2. The minimum Gasteiger partial charge on any atom is -0.455 e. The van der Waals surface area contributed by atoms with E-state index in [9.17, 15) is 0 Å². The lowest BCUT2D eigenvalue weighted by molar-refractivity contribution is 0.672. The van der Waals surface area contributed by atoms with Gasteiger partial charge in [0, 0.05) is 131 Å². The average Bonchev–Trinajstić information content (AvgIpc) is 1.37. The summed E-state index contributed by atoms with van der Waals surface area (Å²) >= 11 is 0. The van der Waals surface area contributed by atoms with Gasteiger partial charge in [-0.15, -0.1) is 0 Å². The summed E-state index contributed by atoms with van der Waals surface area (Å²) in [5.41, 5.74) is 18.0. The van der Waals surface area contributed by atoms with Crippen LogP contribution in [0.4, 0.5) is 34.1 Å². The van der Waals surface area contributed by atoms with Gasteiger partial charge in [0.2, 0.25) is 0 Å². The molecule has 5 aromatic heterocycles. The van der Waals surface area contributed by atoms with Gasteiger partial charge < -0.3 is 27.5 Å². The number of fused-ring (bicyclic) bond motifs is 16. The van der Waals surface area contributed by atoms with E-state index >= 15 is 0 Å². The Hall–Kier alpha value is -13.6. The molecule has 0 unspecified atom stereocenters. The highest BCUT2D eigenvalue weighted by atomic mass is 28.3. The van der Waals surface area contributed by atoms with Gasteiger partial charge in [-0.05, 0) is 169 Å². The fourth-order valence-corrected chi connectivity index (χ4v) is 23.2. The highest BCUT2D eigenvalue weighted by molar-refractivity contribution is 7.01. The van der Waals surface area contributed by atoms with Crippen molar-refractivity contribution in [2.24, 2.45) is 0 Å². The maximum Gasteiger partial charge on any atom is 0.143 e. The Kier molecular flexibility index (Phi) is 14.6. The van der Waals surface area contributed by atoms with Crippen LogP contribution in [0.25, 0.3) is 164 Å². The first-order valence-electron chi connectivity index (χ1n) is 38.6. The number of benzene rings is 18. The first kappa shape index (κ1) is 65.5. The van der Waals surface area contributed by atoms with Crippen LogP contribution in [0.3, 0.4) is 0 Å².